The zero-order chi connectivity index (χ0) is 15.2. The summed E-state index contributed by atoms with van der Waals surface area (Å²) in [7, 11) is 0. The van der Waals surface area contributed by atoms with Gasteiger partial charge < -0.3 is 5.32 Å². The summed E-state index contributed by atoms with van der Waals surface area (Å²) in [5, 5.41) is 3.56. The molecule has 0 unspecified atom stereocenters. The van der Waals surface area contributed by atoms with E-state index in [0.717, 1.165) is 21.5 Å². The minimum atomic E-state index is -0.0136. The minimum absolute atomic E-state index is 0.0136. The van der Waals surface area contributed by atoms with Crippen molar-refractivity contribution in [3.8, 4) is 0 Å². The first kappa shape index (κ1) is 16.4. The molecule has 0 radical (unpaired) electrons. The van der Waals surface area contributed by atoms with E-state index in [9.17, 15) is 4.79 Å². The van der Waals surface area contributed by atoms with Crippen LogP contribution >= 0.6 is 39.3 Å². The third kappa shape index (κ3) is 5.06. The number of carbonyl (C=O) groups excluding carboxylic acids is 1. The molecule has 0 atom stereocenters. The fraction of sp³-hybridized carbons (Fsp3) is 0.188. The van der Waals surface area contributed by atoms with E-state index in [1.54, 1.807) is 11.8 Å². The second-order valence-corrected chi connectivity index (χ2v) is 6.89. The lowest BCUT2D eigenvalue weighted by atomic mass is 10.2. The SMILES string of the molecule is Cc1c(Cl)cccc1NC(=O)CSCc1cccc(Br)c1. The predicted molar refractivity (Wildman–Crippen MR) is 95.1 cm³/mol. The minimum Gasteiger partial charge on any atom is -0.325 e. The molecule has 0 saturated heterocycles. The molecule has 110 valence electrons. The van der Waals surface area contributed by atoms with Crippen LogP contribution < -0.4 is 5.32 Å². The number of nitrogens with one attached hydrogen (secondary N) is 1. The van der Waals surface area contributed by atoms with E-state index in [2.05, 4.69) is 33.4 Å². The molecule has 2 nitrogen and oxygen atoms in total. The van der Waals surface area contributed by atoms with E-state index in [0.29, 0.717) is 10.8 Å². The number of halogens is 2. The molecule has 2 aromatic carbocycles. The highest BCUT2D eigenvalue weighted by Crippen LogP contribution is 2.23. The zero-order valence-electron chi connectivity index (χ0n) is 11.5. The summed E-state index contributed by atoms with van der Waals surface area (Å²) >= 11 is 11.1. The van der Waals surface area contributed by atoms with Gasteiger partial charge in [-0.2, -0.15) is 0 Å². The first-order valence-corrected chi connectivity index (χ1v) is 8.76. The smallest absolute Gasteiger partial charge is 0.234 e. The first-order chi connectivity index (χ1) is 10.1. The van der Waals surface area contributed by atoms with Crippen molar-refractivity contribution in [1.82, 2.24) is 0 Å². The van der Waals surface area contributed by atoms with Gasteiger partial charge in [0.15, 0.2) is 0 Å². The van der Waals surface area contributed by atoms with Gasteiger partial charge in [0.2, 0.25) is 5.91 Å². The standard InChI is InChI=1S/C16H15BrClNOS/c1-11-14(18)6-3-7-15(11)19-16(20)10-21-9-12-4-2-5-13(17)8-12/h2-8H,9-10H2,1H3,(H,19,20). The summed E-state index contributed by atoms with van der Waals surface area (Å²) in [6, 6.07) is 13.6. The molecule has 0 aromatic heterocycles. The fourth-order valence-electron chi connectivity index (χ4n) is 1.82. The Hall–Kier alpha value is -0.970. The molecule has 0 fully saturated rings. The van der Waals surface area contributed by atoms with Gasteiger partial charge in [0.05, 0.1) is 5.75 Å². The Morgan fingerprint density at radius 1 is 1.29 bits per heavy atom. The molecule has 0 saturated carbocycles. The quantitative estimate of drug-likeness (QED) is 0.759. The highest BCUT2D eigenvalue weighted by atomic mass is 79.9. The Balaban J connectivity index is 1.84. The fourth-order valence-corrected chi connectivity index (χ4v) is 3.21. The molecular weight excluding hydrogens is 370 g/mol. The summed E-state index contributed by atoms with van der Waals surface area (Å²) in [6.07, 6.45) is 0. The van der Waals surface area contributed by atoms with Crippen LogP contribution in [-0.4, -0.2) is 11.7 Å². The van der Waals surface area contributed by atoms with Crippen LogP contribution in [0.25, 0.3) is 0 Å². The number of hydrogen-bond acceptors (Lipinski definition) is 2. The van der Waals surface area contributed by atoms with Gasteiger partial charge in [-0.3, -0.25) is 4.79 Å². The molecule has 5 heteroatoms. The van der Waals surface area contributed by atoms with Gasteiger partial charge in [0.25, 0.3) is 0 Å². The number of amides is 1. The predicted octanol–water partition coefficient (Wildman–Crippen LogP) is 5.28. The molecule has 2 aromatic rings. The van der Waals surface area contributed by atoms with Crippen LogP contribution in [-0.2, 0) is 10.5 Å². The van der Waals surface area contributed by atoms with Gasteiger partial charge in [-0.25, -0.2) is 0 Å². The van der Waals surface area contributed by atoms with E-state index < -0.39 is 0 Å². The number of carbonyl (C=O) groups is 1. The van der Waals surface area contributed by atoms with E-state index in [4.69, 9.17) is 11.6 Å². The summed E-state index contributed by atoms with van der Waals surface area (Å²) in [5.74, 6) is 1.21. The molecule has 0 aliphatic heterocycles. The van der Waals surface area contributed by atoms with E-state index in [1.807, 2.05) is 37.3 Å². The lowest BCUT2D eigenvalue weighted by Gasteiger charge is -2.09. The molecule has 0 heterocycles. The van der Waals surface area contributed by atoms with Crippen LogP contribution in [0.4, 0.5) is 5.69 Å². The maximum atomic E-state index is 11.9. The molecule has 0 aliphatic rings. The zero-order valence-corrected chi connectivity index (χ0v) is 14.7. The normalized spacial score (nSPS) is 10.4. The lowest BCUT2D eigenvalue weighted by molar-refractivity contribution is -0.113. The summed E-state index contributed by atoms with van der Waals surface area (Å²) in [6.45, 7) is 1.90. The van der Waals surface area contributed by atoms with Crippen molar-refractivity contribution in [3.63, 3.8) is 0 Å². The topological polar surface area (TPSA) is 29.1 Å². The van der Waals surface area contributed by atoms with Crippen LogP contribution in [0.5, 0.6) is 0 Å². The van der Waals surface area contributed by atoms with E-state index >= 15 is 0 Å². The summed E-state index contributed by atoms with van der Waals surface area (Å²) in [5.41, 5.74) is 2.86. The monoisotopic (exact) mass is 383 g/mol. The van der Waals surface area contributed by atoms with Gasteiger partial charge in [0, 0.05) is 20.9 Å². The molecule has 1 N–H and O–H groups in total. The van der Waals surface area contributed by atoms with Crippen molar-refractivity contribution in [2.75, 3.05) is 11.1 Å². The number of hydrogen-bond donors (Lipinski definition) is 1. The highest BCUT2D eigenvalue weighted by Gasteiger charge is 2.07. The first-order valence-electron chi connectivity index (χ1n) is 6.43. The average Bonchev–Trinajstić information content (AvgIpc) is 2.44. The van der Waals surface area contributed by atoms with Crippen molar-refractivity contribution in [2.45, 2.75) is 12.7 Å². The van der Waals surface area contributed by atoms with Crippen molar-refractivity contribution < 1.29 is 4.79 Å². The van der Waals surface area contributed by atoms with Gasteiger partial charge >= 0.3 is 0 Å². The summed E-state index contributed by atoms with van der Waals surface area (Å²) < 4.78 is 1.06. The van der Waals surface area contributed by atoms with Gasteiger partial charge in [-0.15, -0.1) is 11.8 Å². The highest BCUT2D eigenvalue weighted by molar-refractivity contribution is 9.10. The Labute approximate surface area is 142 Å². The third-order valence-corrected chi connectivity index (χ3v) is 4.84. The van der Waals surface area contributed by atoms with Gasteiger partial charge in [0.1, 0.15) is 0 Å². The average molecular weight is 385 g/mol. The van der Waals surface area contributed by atoms with Crippen LogP contribution in [0.3, 0.4) is 0 Å². The number of rotatable bonds is 5. The molecule has 0 spiro atoms. The number of anilines is 1. The molecular formula is C16H15BrClNOS. The van der Waals surface area contributed by atoms with E-state index in [1.165, 1.54) is 5.56 Å². The Morgan fingerprint density at radius 2 is 2.05 bits per heavy atom. The van der Waals surface area contributed by atoms with Crippen LogP contribution in [0.2, 0.25) is 5.02 Å². The molecule has 0 bridgehead atoms. The second kappa shape index (κ2) is 7.87. The number of thioether (sulfide) groups is 1. The number of benzene rings is 2. The van der Waals surface area contributed by atoms with Crippen LogP contribution in [0.15, 0.2) is 46.9 Å². The Morgan fingerprint density at radius 3 is 2.81 bits per heavy atom. The van der Waals surface area contributed by atoms with Crippen molar-refractivity contribution in [1.29, 1.82) is 0 Å². The van der Waals surface area contributed by atoms with Crippen LogP contribution in [0, 0.1) is 6.92 Å². The summed E-state index contributed by atoms with van der Waals surface area (Å²) in [4.78, 5) is 11.9. The van der Waals surface area contributed by atoms with Gasteiger partial charge in [-0.1, -0.05) is 45.7 Å². The second-order valence-electron chi connectivity index (χ2n) is 4.58. The largest absolute Gasteiger partial charge is 0.325 e. The Bertz CT molecular complexity index is 648. The van der Waals surface area contributed by atoms with Crippen molar-refractivity contribution >= 4 is 50.9 Å². The molecule has 2 rings (SSSR count). The Kier molecular flexibility index (Phi) is 6.15. The maximum Gasteiger partial charge on any atom is 0.234 e. The van der Waals surface area contributed by atoms with Crippen molar-refractivity contribution in [2.24, 2.45) is 0 Å². The van der Waals surface area contributed by atoms with Crippen molar-refractivity contribution in [3.05, 3.63) is 63.1 Å². The molecule has 21 heavy (non-hydrogen) atoms. The molecule has 1 amide bonds. The molecule has 0 aliphatic carbocycles. The lowest BCUT2D eigenvalue weighted by Crippen LogP contribution is -2.15. The van der Waals surface area contributed by atoms with Gasteiger partial charge in [-0.05, 0) is 42.3 Å². The third-order valence-electron chi connectivity index (χ3n) is 2.93. The maximum absolute atomic E-state index is 11.9. The van der Waals surface area contributed by atoms with E-state index in [-0.39, 0.29) is 5.91 Å². The van der Waals surface area contributed by atoms with Crippen LogP contribution in [0.1, 0.15) is 11.1 Å².